The Kier molecular flexibility index (Phi) is 6.96. The second-order valence-electron chi connectivity index (χ2n) is 9.07. The van der Waals surface area contributed by atoms with Gasteiger partial charge in [-0.2, -0.15) is 17.7 Å². The summed E-state index contributed by atoms with van der Waals surface area (Å²) in [5.41, 5.74) is 3.82. The predicted molar refractivity (Wildman–Crippen MR) is 142 cm³/mol. The summed E-state index contributed by atoms with van der Waals surface area (Å²) in [7, 11) is 0.234. The van der Waals surface area contributed by atoms with Crippen LogP contribution in [-0.4, -0.2) is 50.9 Å². The molecule has 2 heterocycles. The lowest BCUT2D eigenvalue weighted by atomic mass is 9.92. The number of fused-ring (bicyclic) bond motifs is 2. The zero-order chi connectivity index (χ0) is 26.9. The van der Waals surface area contributed by atoms with Crippen LogP contribution in [0, 0.1) is 0 Å². The number of nitrogens with zero attached hydrogens (tertiary/aromatic N) is 3. The predicted octanol–water partition coefficient (Wildman–Crippen LogP) is 3.27. The van der Waals surface area contributed by atoms with Crippen LogP contribution < -0.4 is 19.1 Å². The van der Waals surface area contributed by atoms with E-state index in [0.29, 0.717) is 29.2 Å². The fourth-order valence-corrected chi connectivity index (χ4v) is 4.94. The average molecular weight is 537 g/mol. The topological polar surface area (TPSA) is 114 Å². The van der Waals surface area contributed by atoms with E-state index in [4.69, 9.17) is 13.9 Å². The van der Waals surface area contributed by atoms with Crippen molar-refractivity contribution in [3.05, 3.63) is 83.4 Å². The number of carbonyl (C=O) groups excluding carboxylic acids is 1. The van der Waals surface area contributed by atoms with Crippen LogP contribution in [-0.2, 0) is 34.6 Å². The summed E-state index contributed by atoms with van der Waals surface area (Å²) in [6.07, 6.45) is 0.143. The van der Waals surface area contributed by atoms with Crippen LogP contribution in [0.15, 0.2) is 71.1 Å². The quantitative estimate of drug-likeness (QED) is 0.365. The number of benzene rings is 3. The molecule has 0 bridgehead atoms. The summed E-state index contributed by atoms with van der Waals surface area (Å²) < 4.78 is 46.0. The molecule has 0 fully saturated rings. The second kappa shape index (κ2) is 10.3. The zero-order valence-electron chi connectivity index (χ0n) is 21.2. The van der Waals surface area contributed by atoms with E-state index < -0.39 is 22.2 Å². The van der Waals surface area contributed by atoms with Gasteiger partial charge in [0.2, 0.25) is 0 Å². The lowest BCUT2D eigenvalue weighted by Gasteiger charge is -2.36. The van der Waals surface area contributed by atoms with E-state index in [-0.39, 0.29) is 19.0 Å². The summed E-state index contributed by atoms with van der Waals surface area (Å²) in [6.45, 7) is 0.544. The lowest BCUT2D eigenvalue weighted by molar-refractivity contribution is -0.120. The molecule has 1 aromatic heterocycles. The molecular formula is C27H28N4O6S. The van der Waals surface area contributed by atoms with E-state index in [1.807, 2.05) is 60.7 Å². The summed E-state index contributed by atoms with van der Waals surface area (Å²) >= 11 is 0. The van der Waals surface area contributed by atoms with Crippen LogP contribution in [0.1, 0.15) is 16.7 Å². The van der Waals surface area contributed by atoms with Crippen LogP contribution in [0.3, 0.4) is 0 Å². The van der Waals surface area contributed by atoms with Crippen molar-refractivity contribution >= 4 is 33.2 Å². The third-order valence-corrected chi connectivity index (χ3v) is 7.84. The molecule has 0 aliphatic carbocycles. The van der Waals surface area contributed by atoms with Crippen molar-refractivity contribution in [3.63, 3.8) is 0 Å². The number of anilines is 1. The highest BCUT2D eigenvalue weighted by atomic mass is 32.2. The fourth-order valence-electron chi connectivity index (χ4n) is 4.37. The van der Waals surface area contributed by atoms with Gasteiger partial charge in [0, 0.05) is 32.6 Å². The van der Waals surface area contributed by atoms with Gasteiger partial charge < -0.3 is 18.8 Å². The maximum atomic E-state index is 13.5. The molecule has 0 saturated carbocycles. The highest BCUT2D eigenvalue weighted by molar-refractivity contribution is 7.87. The van der Waals surface area contributed by atoms with Gasteiger partial charge in [0.1, 0.15) is 18.2 Å². The normalized spacial score (nSPS) is 15.4. The van der Waals surface area contributed by atoms with Crippen molar-refractivity contribution in [3.8, 4) is 11.5 Å². The summed E-state index contributed by atoms with van der Waals surface area (Å²) in [4.78, 5) is 19.7. The van der Waals surface area contributed by atoms with Gasteiger partial charge in [0.25, 0.3) is 11.9 Å². The van der Waals surface area contributed by atoms with Gasteiger partial charge in [-0.05, 0) is 29.3 Å². The Balaban J connectivity index is 1.55. The molecular weight excluding hydrogens is 508 g/mol. The first kappa shape index (κ1) is 25.6. The highest BCUT2D eigenvalue weighted by Crippen LogP contribution is 2.40. The van der Waals surface area contributed by atoms with Crippen molar-refractivity contribution in [1.82, 2.24) is 14.0 Å². The van der Waals surface area contributed by atoms with Gasteiger partial charge in [-0.1, -0.05) is 48.5 Å². The minimum Gasteiger partial charge on any atom is -0.493 e. The molecule has 0 saturated heterocycles. The Morgan fingerprint density at radius 1 is 1.11 bits per heavy atom. The van der Waals surface area contributed by atoms with E-state index in [0.717, 1.165) is 21.0 Å². The summed E-state index contributed by atoms with van der Waals surface area (Å²) in [5, 5.41) is 0. The first-order chi connectivity index (χ1) is 18.3. The molecule has 1 N–H and O–H groups in total. The minimum atomic E-state index is -4.02. The molecule has 5 rings (SSSR count). The van der Waals surface area contributed by atoms with Crippen molar-refractivity contribution in [2.24, 2.45) is 0 Å². The number of para-hydroxylation sites is 2. The lowest BCUT2D eigenvalue weighted by Crippen LogP contribution is -2.53. The molecule has 10 nitrogen and oxygen atoms in total. The van der Waals surface area contributed by atoms with Gasteiger partial charge in [-0.25, -0.2) is 4.72 Å². The standard InChI is InChI=1S/C27H28N4O6S/c1-30(2)38(33,34)29-26(32)22-15-20-19(16-31(22)27-28-21-11-7-8-12-23(21)37-27)13-14-24(35-3)25(20)36-17-18-9-5-4-6-10-18/h4-14,22H,15-17H2,1-3H3,(H,29,32). The van der Waals surface area contributed by atoms with Gasteiger partial charge >= 0.3 is 10.2 Å². The number of hydrogen-bond donors (Lipinski definition) is 1. The van der Waals surface area contributed by atoms with Crippen LogP contribution in [0.4, 0.5) is 6.01 Å². The Morgan fingerprint density at radius 3 is 2.55 bits per heavy atom. The number of aromatic nitrogens is 1. The van der Waals surface area contributed by atoms with E-state index in [1.165, 1.54) is 14.1 Å². The molecule has 38 heavy (non-hydrogen) atoms. The molecule has 0 spiro atoms. The van der Waals surface area contributed by atoms with Gasteiger partial charge in [-0.3, -0.25) is 4.79 Å². The van der Waals surface area contributed by atoms with Crippen molar-refractivity contribution in [1.29, 1.82) is 0 Å². The Labute approximate surface area is 221 Å². The molecule has 4 aromatic rings. The van der Waals surface area contributed by atoms with Crippen molar-refractivity contribution in [2.45, 2.75) is 25.6 Å². The number of nitrogens with one attached hydrogen (secondary N) is 1. The fraction of sp³-hybridized carbons (Fsp3) is 0.259. The van der Waals surface area contributed by atoms with Crippen molar-refractivity contribution in [2.75, 3.05) is 26.1 Å². The zero-order valence-corrected chi connectivity index (χ0v) is 22.1. The third kappa shape index (κ3) is 5.02. The molecule has 1 atom stereocenters. The van der Waals surface area contributed by atoms with Gasteiger partial charge in [0.15, 0.2) is 17.1 Å². The number of ether oxygens (including phenoxy) is 2. The van der Waals surface area contributed by atoms with E-state index in [2.05, 4.69) is 9.71 Å². The monoisotopic (exact) mass is 536 g/mol. The van der Waals surface area contributed by atoms with E-state index in [9.17, 15) is 13.2 Å². The van der Waals surface area contributed by atoms with Crippen LogP contribution in [0.2, 0.25) is 0 Å². The van der Waals surface area contributed by atoms with Crippen LogP contribution in [0.5, 0.6) is 11.5 Å². The molecule has 1 aliphatic rings. The van der Waals surface area contributed by atoms with E-state index >= 15 is 0 Å². The number of carbonyl (C=O) groups is 1. The highest BCUT2D eigenvalue weighted by Gasteiger charge is 2.38. The number of rotatable bonds is 8. The summed E-state index contributed by atoms with van der Waals surface area (Å²) in [6, 6.07) is 20.0. The molecule has 1 amide bonds. The van der Waals surface area contributed by atoms with Crippen LogP contribution in [0.25, 0.3) is 11.1 Å². The Hall–Kier alpha value is -4.09. The number of hydrogen-bond acceptors (Lipinski definition) is 8. The number of methoxy groups -OCH3 is 1. The maximum Gasteiger partial charge on any atom is 0.303 e. The molecule has 3 aromatic carbocycles. The number of amides is 1. The Bertz CT molecular complexity index is 1540. The van der Waals surface area contributed by atoms with Crippen molar-refractivity contribution < 1.29 is 27.1 Å². The van der Waals surface area contributed by atoms with Crippen LogP contribution >= 0.6 is 0 Å². The third-order valence-electron chi connectivity index (χ3n) is 6.42. The minimum absolute atomic E-state index is 0.143. The SMILES string of the molecule is COc1ccc2c(c1OCc1ccccc1)CC(C(=O)NS(=O)(=O)N(C)C)N(c1nc3ccccc3o1)C2. The molecule has 11 heteroatoms. The molecule has 198 valence electrons. The largest absolute Gasteiger partial charge is 0.493 e. The van der Waals surface area contributed by atoms with Gasteiger partial charge in [0.05, 0.1) is 7.11 Å². The smallest absolute Gasteiger partial charge is 0.303 e. The first-order valence-corrected chi connectivity index (χ1v) is 13.4. The number of oxazole rings is 1. The van der Waals surface area contributed by atoms with Gasteiger partial charge in [-0.15, -0.1) is 0 Å². The molecule has 1 unspecified atom stereocenters. The second-order valence-corrected chi connectivity index (χ2v) is 11.0. The van der Waals surface area contributed by atoms with E-state index in [1.54, 1.807) is 18.1 Å². The average Bonchev–Trinajstić information content (AvgIpc) is 3.35. The maximum absolute atomic E-state index is 13.5. The molecule has 0 radical (unpaired) electrons. The Morgan fingerprint density at radius 2 is 1.84 bits per heavy atom. The molecule has 1 aliphatic heterocycles. The first-order valence-electron chi connectivity index (χ1n) is 12.0. The summed E-state index contributed by atoms with van der Waals surface area (Å²) in [5.74, 6) is 0.331.